The normalized spacial score (nSPS) is 10.8. The second-order valence-corrected chi connectivity index (χ2v) is 5.69. The Bertz CT molecular complexity index is 911. The first-order valence-corrected chi connectivity index (χ1v) is 7.64. The van der Waals surface area contributed by atoms with Crippen molar-refractivity contribution in [2.75, 3.05) is 6.61 Å². The predicted octanol–water partition coefficient (Wildman–Crippen LogP) is 3.41. The minimum Gasteiger partial charge on any atom is -0.457 e. The molecule has 0 N–H and O–H groups in total. The molecule has 0 fully saturated rings. The molecule has 0 bridgehead atoms. The molecule has 24 heavy (non-hydrogen) atoms. The van der Waals surface area contributed by atoms with Crippen molar-refractivity contribution in [1.29, 1.82) is 0 Å². The van der Waals surface area contributed by atoms with Crippen LogP contribution in [0.5, 0.6) is 0 Å². The number of hydrogen-bond donors (Lipinski definition) is 0. The van der Waals surface area contributed by atoms with Gasteiger partial charge in [-0.3, -0.25) is 9.59 Å². The smallest absolute Gasteiger partial charge is 0.312 e. The van der Waals surface area contributed by atoms with Crippen LogP contribution < -0.4 is 0 Å². The van der Waals surface area contributed by atoms with Gasteiger partial charge < -0.3 is 9.26 Å². The van der Waals surface area contributed by atoms with Crippen molar-refractivity contribution < 1.29 is 18.8 Å². The van der Waals surface area contributed by atoms with E-state index in [0.29, 0.717) is 16.8 Å². The summed E-state index contributed by atoms with van der Waals surface area (Å²) in [6, 6.07) is 12.7. The molecule has 0 atom stereocenters. The zero-order valence-corrected chi connectivity index (χ0v) is 13.5. The number of carbonyl (C=O) groups is 2. The van der Waals surface area contributed by atoms with E-state index in [1.165, 1.54) is 0 Å². The van der Waals surface area contributed by atoms with Crippen molar-refractivity contribution in [2.24, 2.45) is 0 Å². The van der Waals surface area contributed by atoms with Crippen molar-refractivity contribution in [1.82, 2.24) is 5.16 Å². The topological polar surface area (TPSA) is 69.4 Å². The van der Waals surface area contributed by atoms with Gasteiger partial charge in [0.2, 0.25) is 0 Å². The van der Waals surface area contributed by atoms with E-state index in [2.05, 4.69) is 5.16 Å². The Morgan fingerprint density at radius 3 is 2.67 bits per heavy atom. The Labute approximate surface area is 139 Å². The molecule has 0 saturated carbocycles. The predicted molar refractivity (Wildman–Crippen MR) is 88.9 cm³/mol. The third kappa shape index (κ3) is 3.35. The lowest BCUT2D eigenvalue weighted by molar-refractivity contribution is -0.141. The van der Waals surface area contributed by atoms with E-state index in [-0.39, 0.29) is 18.8 Å². The molecule has 0 unspecified atom stereocenters. The molecule has 0 aliphatic heterocycles. The van der Waals surface area contributed by atoms with Gasteiger partial charge in [0, 0.05) is 10.9 Å². The number of para-hydroxylation sites is 1. The fourth-order valence-corrected chi connectivity index (χ4v) is 2.40. The molecule has 3 rings (SSSR count). The Hall–Kier alpha value is -2.95. The summed E-state index contributed by atoms with van der Waals surface area (Å²) in [6.45, 7) is 3.64. The average molecular weight is 323 g/mol. The summed E-state index contributed by atoms with van der Waals surface area (Å²) in [4.78, 5) is 24.1. The second-order valence-electron chi connectivity index (χ2n) is 5.69. The summed E-state index contributed by atoms with van der Waals surface area (Å²) in [6.07, 6.45) is -0.0305. The number of ether oxygens (including phenoxy) is 1. The molecule has 2 aromatic carbocycles. The average Bonchev–Trinajstić information content (AvgIpc) is 2.98. The van der Waals surface area contributed by atoms with Crippen LogP contribution in [0.15, 0.2) is 47.0 Å². The first kappa shape index (κ1) is 15.9. The van der Waals surface area contributed by atoms with Crippen molar-refractivity contribution >= 4 is 22.7 Å². The first-order chi connectivity index (χ1) is 11.5. The first-order valence-electron chi connectivity index (χ1n) is 7.64. The molecule has 5 nitrogen and oxygen atoms in total. The molecule has 3 aromatic rings. The lowest BCUT2D eigenvalue weighted by Gasteiger charge is -2.06. The van der Waals surface area contributed by atoms with E-state index < -0.39 is 5.97 Å². The largest absolute Gasteiger partial charge is 0.457 e. The van der Waals surface area contributed by atoms with Crippen molar-refractivity contribution in [3.63, 3.8) is 0 Å². The highest BCUT2D eigenvalue weighted by molar-refractivity contribution is 5.98. The molecule has 122 valence electrons. The minimum atomic E-state index is -0.508. The van der Waals surface area contributed by atoms with E-state index in [1.54, 1.807) is 18.2 Å². The summed E-state index contributed by atoms with van der Waals surface area (Å²) in [5, 5.41) is 4.65. The van der Waals surface area contributed by atoms with Gasteiger partial charge in [0.1, 0.15) is 5.69 Å². The van der Waals surface area contributed by atoms with E-state index >= 15 is 0 Å². The highest BCUT2D eigenvalue weighted by atomic mass is 16.5. The molecule has 0 radical (unpaired) electrons. The highest BCUT2D eigenvalue weighted by Crippen LogP contribution is 2.18. The van der Waals surface area contributed by atoms with E-state index in [4.69, 9.17) is 9.26 Å². The fraction of sp³-hybridized carbons (Fsp3) is 0.211. The number of carbonyl (C=O) groups excluding carboxylic acids is 2. The molecule has 1 heterocycles. The van der Waals surface area contributed by atoms with Gasteiger partial charge >= 0.3 is 5.97 Å². The van der Waals surface area contributed by atoms with Gasteiger partial charge in [-0.25, -0.2) is 0 Å². The van der Waals surface area contributed by atoms with Crippen LogP contribution in [0.3, 0.4) is 0 Å². The quantitative estimate of drug-likeness (QED) is 0.531. The molecular formula is C19H17NO4. The van der Waals surface area contributed by atoms with E-state index in [0.717, 1.165) is 16.5 Å². The zero-order chi connectivity index (χ0) is 17.1. The maximum Gasteiger partial charge on any atom is 0.312 e. The molecule has 5 heteroatoms. The minimum absolute atomic E-state index is 0.0305. The number of hydrogen-bond acceptors (Lipinski definition) is 5. The molecule has 0 aliphatic carbocycles. The van der Waals surface area contributed by atoms with Gasteiger partial charge in [0.05, 0.1) is 6.42 Å². The third-order valence-electron chi connectivity index (χ3n) is 3.96. The molecule has 0 amide bonds. The van der Waals surface area contributed by atoms with Gasteiger partial charge in [-0.1, -0.05) is 29.4 Å². The van der Waals surface area contributed by atoms with Gasteiger partial charge in [0.15, 0.2) is 18.0 Å². The van der Waals surface area contributed by atoms with E-state index in [9.17, 15) is 9.59 Å². The molecular weight excluding hydrogens is 306 g/mol. The van der Waals surface area contributed by atoms with Crippen molar-refractivity contribution in [3.8, 4) is 0 Å². The maximum absolute atomic E-state index is 12.1. The number of benzene rings is 2. The number of esters is 1. The van der Waals surface area contributed by atoms with E-state index in [1.807, 2.05) is 38.1 Å². The molecule has 0 saturated heterocycles. The molecule has 0 aliphatic rings. The maximum atomic E-state index is 12.1. The fourth-order valence-electron chi connectivity index (χ4n) is 2.40. The number of ketones is 1. The van der Waals surface area contributed by atoms with Crippen LogP contribution in [0, 0.1) is 13.8 Å². The lowest BCUT2D eigenvalue weighted by Crippen LogP contribution is -2.16. The second kappa shape index (κ2) is 6.66. The number of aryl methyl sites for hydroxylation is 2. The number of fused-ring (bicyclic) bond motifs is 1. The standard InChI is InChI=1S/C19H17NO4/c1-12-7-8-14(9-13(12)2)17(21)11-23-19(22)10-16-15-5-3-4-6-18(15)24-20-16/h3-9H,10-11H2,1-2H3. The lowest BCUT2D eigenvalue weighted by atomic mass is 10.0. The Balaban J connectivity index is 1.61. The van der Waals surface area contributed by atoms with Crippen LogP contribution in [0.2, 0.25) is 0 Å². The summed E-state index contributed by atoms with van der Waals surface area (Å²) in [5.41, 5.74) is 3.81. The Morgan fingerprint density at radius 1 is 1.08 bits per heavy atom. The van der Waals surface area contributed by atoms with Gasteiger partial charge in [-0.15, -0.1) is 0 Å². The zero-order valence-electron chi connectivity index (χ0n) is 13.5. The van der Waals surface area contributed by atoms with Gasteiger partial charge in [-0.2, -0.15) is 0 Å². The monoisotopic (exact) mass is 323 g/mol. The molecule has 1 aromatic heterocycles. The van der Waals surface area contributed by atoms with Gasteiger partial charge in [-0.05, 0) is 43.2 Å². The summed E-state index contributed by atoms with van der Waals surface area (Å²) < 4.78 is 10.2. The van der Waals surface area contributed by atoms with Gasteiger partial charge in [0.25, 0.3) is 0 Å². The van der Waals surface area contributed by atoms with Crippen molar-refractivity contribution in [3.05, 3.63) is 64.8 Å². The van der Waals surface area contributed by atoms with Crippen LogP contribution in [-0.4, -0.2) is 23.5 Å². The Morgan fingerprint density at radius 2 is 1.88 bits per heavy atom. The van der Waals surface area contributed by atoms with Crippen LogP contribution in [0.4, 0.5) is 0 Å². The van der Waals surface area contributed by atoms with Crippen LogP contribution in [0.1, 0.15) is 27.2 Å². The number of Topliss-reactive ketones (excluding diaryl/α,β-unsaturated/α-hetero) is 1. The number of rotatable bonds is 5. The Kier molecular flexibility index (Phi) is 4.42. The third-order valence-corrected chi connectivity index (χ3v) is 3.96. The summed E-state index contributed by atoms with van der Waals surface area (Å²) in [5.74, 6) is -0.734. The van der Waals surface area contributed by atoms with Crippen LogP contribution in [0.25, 0.3) is 11.0 Å². The highest BCUT2D eigenvalue weighted by Gasteiger charge is 2.15. The number of aromatic nitrogens is 1. The van der Waals surface area contributed by atoms with Crippen LogP contribution in [-0.2, 0) is 16.0 Å². The van der Waals surface area contributed by atoms with Crippen LogP contribution >= 0.6 is 0 Å². The number of nitrogens with zero attached hydrogens (tertiary/aromatic N) is 1. The molecule has 0 spiro atoms. The summed E-state index contributed by atoms with van der Waals surface area (Å²) >= 11 is 0. The summed E-state index contributed by atoms with van der Waals surface area (Å²) in [7, 11) is 0. The van der Waals surface area contributed by atoms with Crippen molar-refractivity contribution in [2.45, 2.75) is 20.3 Å². The SMILES string of the molecule is Cc1ccc(C(=O)COC(=O)Cc2noc3ccccc23)cc1C.